The van der Waals surface area contributed by atoms with E-state index in [2.05, 4.69) is 10.4 Å². The van der Waals surface area contributed by atoms with Gasteiger partial charge in [-0.15, -0.1) is 0 Å². The molecule has 1 amide bonds. The number of aliphatic hydroxyl groups is 1. The van der Waals surface area contributed by atoms with Crippen LogP contribution < -0.4 is 10.3 Å². The van der Waals surface area contributed by atoms with E-state index in [9.17, 15) is 14.3 Å². The Balaban J connectivity index is 1.33. The molecule has 1 aromatic heterocycles. The first-order chi connectivity index (χ1) is 17.5. The lowest BCUT2D eigenvalue weighted by Crippen LogP contribution is -2.29. The van der Waals surface area contributed by atoms with Crippen LogP contribution in [-0.4, -0.2) is 33.9 Å². The van der Waals surface area contributed by atoms with E-state index < -0.39 is 6.10 Å². The molecule has 3 aromatic carbocycles. The van der Waals surface area contributed by atoms with Gasteiger partial charge in [0.1, 0.15) is 5.82 Å². The molecular formula is C29H27FN4O2. The van der Waals surface area contributed by atoms with Crippen molar-refractivity contribution in [3.8, 4) is 0 Å². The lowest BCUT2D eigenvalue weighted by molar-refractivity contribution is -0.114. The average molecular weight is 483 g/mol. The van der Waals surface area contributed by atoms with E-state index in [1.165, 1.54) is 17.1 Å². The van der Waals surface area contributed by atoms with Gasteiger partial charge in [-0.1, -0.05) is 48.5 Å². The van der Waals surface area contributed by atoms with Gasteiger partial charge in [-0.3, -0.25) is 4.79 Å². The smallest absolute Gasteiger partial charge is 0.280 e. The van der Waals surface area contributed by atoms with Crippen LogP contribution in [-0.2, 0) is 17.9 Å². The van der Waals surface area contributed by atoms with Gasteiger partial charge in [0, 0.05) is 42.3 Å². The molecule has 4 aromatic rings. The standard InChI is InChI=1S/C29H27FN4O2/c1-20-27(29(36)34(32-20)24-7-3-2-4-8-24)15-22-18-33(28-10-6-5-9-26(22)28)19-25(35)17-31-16-21-11-13-23(30)14-12-21/h2-15,18,25,31,35H,16-17,19H2,1H3. The summed E-state index contributed by atoms with van der Waals surface area (Å²) in [5.41, 5.74) is 4.75. The van der Waals surface area contributed by atoms with Crippen LogP contribution in [0, 0.1) is 5.82 Å². The summed E-state index contributed by atoms with van der Waals surface area (Å²) in [5.74, 6) is -0.432. The van der Waals surface area contributed by atoms with E-state index in [1.807, 2.05) is 78.4 Å². The number of hydrogen-bond donors (Lipinski definition) is 2. The van der Waals surface area contributed by atoms with Crippen molar-refractivity contribution in [1.82, 2.24) is 9.88 Å². The number of nitrogens with one attached hydrogen (secondary N) is 1. The summed E-state index contributed by atoms with van der Waals surface area (Å²) >= 11 is 0. The van der Waals surface area contributed by atoms with Crippen molar-refractivity contribution in [2.75, 3.05) is 11.6 Å². The zero-order valence-electron chi connectivity index (χ0n) is 19.9. The predicted molar refractivity (Wildman–Crippen MR) is 141 cm³/mol. The summed E-state index contributed by atoms with van der Waals surface area (Å²) in [7, 11) is 0. The number of rotatable bonds is 8. The molecular weight excluding hydrogens is 455 g/mol. The number of nitrogens with zero attached hydrogens (tertiary/aromatic N) is 3. The number of fused-ring (bicyclic) bond motifs is 1. The second kappa shape index (κ2) is 10.3. The fourth-order valence-corrected chi connectivity index (χ4v) is 4.40. The molecule has 0 radical (unpaired) electrons. The van der Waals surface area contributed by atoms with Gasteiger partial charge < -0.3 is 15.0 Å². The van der Waals surface area contributed by atoms with Gasteiger partial charge in [-0.25, -0.2) is 4.39 Å². The normalized spacial score (nSPS) is 15.6. The number of carbonyl (C=O) groups is 1. The number of aromatic nitrogens is 1. The summed E-state index contributed by atoms with van der Waals surface area (Å²) in [5, 5.41) is 20.8. The van der Waals surface area contributed by atoms with Gasteiger partial charge in [0.25, 0.3) is 5.91 Å². The van der Waals surface area contributed by atoms with Crippen LogP contribution in [0.25, 0.3) is 17.0 Å². The molecule has 182 valence electrons. The monoisotopic (exact) mass is 482 g/mol. The molecule has 1 aliphatic heterocycles. The van der Waals surface area contributed by atoms with E-state index in [-0.39, 0.29) is 11.7 Å². The van der Waals surface area contributed by atoms with Crippen LogP contribution in [0.1, 0.15) is 18.1 Å². The van der Waals surface area contributed by atoms with Gasteiger partial charge in [-0.05, 0) is 48.9 Å². The molecule has 1 atom stereocenters. The Morgan fingerprint density at radius 3 is 2.53 bits per heavy atom. The summed E-state index contributed by atoms with van der Waals surface area (Å²) in [6.07, 6.45) is 3.21. The minimum Gasteiger partial charge on any atom is -0.390 e. The fourth-order valence-electron chi connectivity index (χ4n) is 4.40. The van der Waals surface area contributed by atoms with Crippen LogP contribution in [0.2, 0.25) is 0 Å². The number of hydrogen-bond acceptors (Lipinski definition) is 4. The topological polar surface area (TPSA) is 69.9 Å². The van der Waals surface area contributed by atoms with E-state index in [4.69, 9.17) is 0 Å². The molecule has 36 heavy (non-hydrogen) atoms. The maximum Gasteiger partial charge on any atom is 0.280 e. The van der Waals surface area contributed by atoms with Gasteiger partial charge in [0.2, 0.25) is 0 Å². The largest absolute Gasteiger partial charge is 0.390 e. The molecule has 6 nitrogen and oxygen atoms in total. The average Bonchev–Trinajstić information content (AvgIpc) is 3.38. The van der Waals surface area contributed by atoms with Crippen LogP contribution in [0.3, 0.4) is 0 Å². The molecule has 2 N–H and O–H groups in total. The minimum absolute atomic E-state index is 0.166. The van der Waals surface area contributed by atoms with Crippen LogP contribution in [0.15, 0.2) is 95.7 Å². The third-order valence-electron chi connectivity index (χ3n) is 6.21. The summed E-state index contributed by atoms with van der Waals surface area (Å²) in [6.45, 7) is 3.15. The lowest BCUT2D eigenvalue weighted by Gasteiger charge is -2.14. The quantitative estimate of drug-likeness (QED) is 0.357. The molecule has 0 bridgehead atoms. The lowest BCUT2D eigenvalue weighted by atomic mass is 10.1. The highest BCUT2D eigenvalue weighted by Crippen LogP contribution is 2.28. The number of carbonyl (C=O) groups excluding carboxylic acids is 1. The molecule has 0 fully saturated rings. The molecule has 7 heteroatoms. The maximum absolute atomic E-state index is 13.2. The van der Waals surface area contributed by atoms with Crippen molar-refractivity contribution in [2.45, 2.75) is 26.1 Å². The molecule has 2 heterocycles. The van der Waals surface area contributed by atoms with Gasteiger partial charge in [-0.2, -0.15) is 10.1 Å². The number of amides is 1. The minimum atomic E-state index is -0.633. The Morgan fingerprint density at radius 1 is 1.03 bits per heavy atom. The van der Waals surface area contributed by atoms with Gasteiger partial charge in [0.05, 0.1) is 23.1 Å². The SMILES string of the molecule is CC1=NN(c2ccccc2)C(=O)C1=Cc1cn(CC(O)CNCc2ccc(F)cc2)c2ccccc12. The van der Waals surface area contributed by atoms with Crippen LogP contribution >= 0.6 is 0 Å². The van der Waals surface area contributed by atoms with E-state index in [0.29, 0.717) is 30.9 Å². The highest BCUT2D eigenvalue weighted by Gasteiger charge is 2.29. The Kier molecular flexibility index (Phi) is 6.75. The van der Waals surface area contributed by atoms with Crippen molar-refractivity contribution >= 4 is 34.3 Å². The number of benzene rings is 3. The zero-order chi connectivity index (χ0) is 25.1. The molecule has 0 spiro atoms. The van der Waals surface area contributed by atoms with Crippen molar-refractivity contribution in [2.24, 2.45) is 5.10 Å². The van der Waals surface area contributed by atoms with Crippen LogP contribution in [0.5, 0.6) is 0 Å². The Labute approximate surface area is 209 Å². The Bertz CT molecular complexity index is 1440. The number of para-hydroxylation sites is 2. The first kappa shape index (κ1) is 23.7. The van der Waals surface area contributed by atoms with Gasteiger partial charge in [0.15, 0.2) is 0 Å². The maximum atomic E-state index is 13.2. The van der Waals surface area contributed by atoms with E-state index >= 15 is 0 Å². The molecule has 0 saturated carbocycles. The summed E-state index contributed by atoms with van der Waals surface area (Å²) in [6, 6.07) is 23.6. The van der Waals surface area contributed by atoms with Crippen molar-refractivity contribution < 1.29 is 14.3 Å². The highest BCUT2D eigenvalue weighted by molar-refractivity contribution is 6.32. The highest BCUT2D eigenvalue weighted by atomic mass is 19.1. The molecule has 5 rings (SSSR count). The van der Waals surface area contributed by atoms with Crippen molar-refractivity contribution in [3.05, 3.63) is 108 Å². The van der Waals surface area contributed by atoms with Gasteiger partial charge >= 0.3 is 0 Å². The second-order valence-electron chi connectivity index (χ2n) is 8.86. The number of aliphatic hydroxyl groups excluding tert-OH is 1. The number of halogens is 1. The molecule has 1 unspecified atom stereocenters. The molecule has 0 aliphatic carbocycles. The Morgan fingerprint density at radius 2 is 1.75 bits per heavy atom. The number of hydrazone groups is 1. The van der Waals surface area contributed by atoms with Crippen molar-refractivity contribution in [3.63, 3.8) is 0 Å². The first-order valence-electron chi connectivity index (χ1n) is 11.9. The first-order valence-corrected chi connectivity index (χ1v) is 11.9. The Hall–Kier alpha value is -4.07. The van der Waals surface area contributed by atoms with E-state index in [1.54, 1.807) is 12.1 Å². The van der Waals surface area contributed by atoms with Crippen LogP contribution in [0.4, 0.5) is 10.1 Å². The second-order valence-corrected chi connectivity index (χ2v) is 8.86. The summed E-state index contributed by atoms with van der Waals surface area (Å²) < 4.78 is 15.1. The molecule has 0 saturated heterocycles. The predicted octanol–water partition coefficient (Wildman–Crippen LogP) is 4.74. The third-order valence-corrected chi connectivity index (χ3v) is 6.21. The third kappa shape index (κ3) is 4.98. The molecule has 1 aliphatic rings. The zero-order valence-corrected chi connectivity index (χ0v) is 19.9. The summed E-state index contributed by atoms with van der Waals surface area (Å²) in [4.78, 5) is 13.2. The van der Waals surface area contributed by atoms with Crippen molar-refractivity contribution in [1.29, 1.82) is 0 Å². The fraction of sp³-hybridized carbons (Fsp3) is 0.172. The number of anilines is 1. The van der Waals surface area contributed by atoms with E-state index in [0.717, 1.165) is 27.7 Å².